The molecule has 1 aliphatic carbocycles. The predicted molar refractivity (Wildman–Crippen MR) is 75.6 cm³/mol. The highest BCUT2D eigenvalue weighted by atomic mass is 16.5. The lowest BCUT2D eigenvalue weighted by molar-refractivity contribution is -0.127. The minimum Gasteiger partial charge on any atom is -0.374 e. The molecule has 0 aromatic rings. The van der Waals surface area contributed by atoms with Gasteiger partial charge in [0.1, 0.15) is 0 Å². The smallest absolute Gasteiger partial charge is 0.226 e. The molecule has 4 heteroatoms. The average Bonchev–Trinajstić information content (AvgIpc) is 2.61. The lowest BCUT2D eigenvalue weighted by Crippen LogP contribution is -2.41. The number of hydrogen-bond acceptors (Lipinski definition) is 3. The molecular formula is C15H28N2O2. The van der Waals surface area contributed by atoms with Crippen LogP contribution in [0.4, 0.5) is 0 Å². The Labute approximate surface area is 116 Å². The lowest BCUT2D eigenvalue weighted by Gasteiger charge is -2.27. The molecule has 2 fully saturated rings. The molecule has 19 heavy (non-hydrogen) atoms. The summed E-state index contributed by atoms with van der Waals surface area (Å²) < 4.78 is 5.74. The van der Waals surface area contributed by atoms with Crippen LogP contribution < -0.4 is 11.1 Å². The molecule has 2 aliphatic rings. The Morgan fingerprint density at radius 2 is 2.00 bits per heavy atom. The van der Waals surface area contributed by atoms with E-state index in [0.717, 1.165) is 19.4 Å². The normalized spacial score (nSPS) is 43.2. The van der Waals surface area contributed by atoms with Gasteiger partial charge in [0.25, 0.3) is 0 Å². The highest BCUT2D eigenvalue weighted by Crippen LogP contribution is 2.32. The van der Waals surface area contributed by atoms with E-state index >= 15 is 0 Å². The van der Waals surface area contributed by atoms with Gasteiger partial charge >= 0.3 is 0 Å². The van der Waals surface area contributed by atoms with Crippen LogP contribution in [0.5, 0.6) is 0 Å². The van der Waals surface area contributed by atoms with Crippen molar-refractivity contribution in [2.24, 2.45) is 23.5 Å². The Hall–Kier alpha value is -0.610. The summed E-state index contributed by atoms with van der Waals surface area (Å²) in [5.41, 5.74) is 5.98. The van der Waals surface area contributed by atoms with Gasteiger partial charge in [-0.15, -0.1) is 0 Å². The molecule has 6 atom stereocenters. The van der Waals surface area contributed by atoms with Crippen molar-refractivity contribution in [3.8, 4) is 0 Å². The number of ether oxygens (including phenoxy) is 1. The van der Waals surface area contributed by atoms with Gasteiger partial charge in [0.05, 0.1) is 18.1 Å². The van der Waals surface area contributed by atoms with Crippen LogP contribution in [0.25, 0.3) is 0 Å². The number of carbonyl (C=O) groups excluding carboxylic acids is 1. The molecule has 2 rings (SSSR count). The second-order valence-electron chi connectivity index (χ2n) is 6.47. The van der Waals surface area contributed by atoms with E-state index in [1.807, 2.05) is 6.92 Å². The molecule has 0 bridgehead atoms. The zero-order chi connectivity index (χ0) is 14.0. The minimum atomic E-state index is -0.00716. The van der Waals surface area contributed by atoms with Gasteiger partial charge < -0.3 is 15.8 Å². The van der Waals surface area contributed by atoms with E-state index in [1.165, 1.54) is 12.8 Å². The number of hydrogen-bond donors (Lipinski definition) is 2. The molecule has 1 saturated heterocycles. The zero-order valence-electron chi connectivity index (χ0n) is 12.4. The second kappa shape index (κ2) is 6.23. The highest BCUT2D eigenvalue weighted by Gasteiger charge is 2.41. The largest absolute Gasteiger partial charge is 0.374 e. The van der Waals surface area contributed by atoms with E-state index in [4.69, 9.17) is 10.5 Å². The standard InChI is InChI=1S/C15H28N2O2/c1-9-10(2)19-11(3)14(9)15(18)17-8-12-5-4-6-13(16)7-12/h9-14H,4-8,16H2,1-3H3,(H,17,18). The van der Waals surface area contributed by atoms with E-state index in [9.17, 15) is 4.79 Å². The summed E-state index contributed by atoms with van der Waals surface area (Å²) in [6.07, 6.45) is 4.76. The van der Waals surface area contributed by atoms with Gasteiger partial charge in [-0.1, -0.05) is 13.3 Å². The summed E-state index contributed by atoms with van der Waals surface area (Å²) >= 11 is 0. The third kappa shape index (κ3) is 3.48. The van der Waals surface area contributed by atoms with Gasteiger partial charge in [-0.25, -0.2) is 0 Å². The topological polar surface area (TPSA) is 64.3 Å². The fourth-order valence-electron chi connectivity index (χ4n) is 3.60. The van der Waals surface area contributed by atoms with Gasteiger partial charge in [0.15, 0.2) is 0 Å². The Morgan fingerprint density at radius 1 is 1.26 bits per heavy atom. The summed E-state index contributed by atoms with van der Waals surface area (Å²) in [6, 6.07) is 0.323. The molecule has 1 heterocycles. The van der Waals surface area contributed by atoms with Crippen LogP contribution in [0, 0.1) is 17.8 Å². The van der Waals surface area contributed by atoms with Crippen LogP contribution in [-0.2, 0) is 9.53 Å². The van der Waals surface area contributed by atoms with Crippen molar-refractivity contribution in [1.82, 2.24) is 5.32 Å². The molecule has 1 amide bonds. The fourth-order valence-corrected chi connectivity index (χ4v) is 3.60. The highest BCUT2D eigenvalue weighted by molar-refractivity contribution is 5.79. The van der Waals surface area contributed by atoms with Crippen molar-refractivity contribution in [2.75, 3.05) is 6.54 Å². The fraction of sp³-hybridized carbons (Fsp3) is 0.933. The second-order valence-corrected chi connectivity index (χ2v) is 6.47. The van der Waals surface area contributed by atoms with E-state index in [-0.39, 0.29) is 24.0 Å². The maximum Gasteiger partial charge on any atom is 0.226 e. The number of carbonyl (C=O) groups is 1. The Kier molecular flexibility index (Phi) is 4.85. The molecule has 1 saturated carbocycles. The average molecular weight is 268 g/mol. The molecule has 0 radical (unpaired) electrons. The lowest BCUT2D eigenvalue weighted by atomic mass is 9.85. The molecule has 1 aliphatic heterocycles. The van der Waals surface area contributed by atoms with Crippen LogP contribution >= 0.6 is 0 Å². The Bertz CT molecular complexity index is 321. The first-order valence-electron chi connectivity index (χ1n) is 7.67. The summed E-state index contributed by atoms with van der Waals surface area (Å²) in [4.78, 5) is 12.3. The van der Waals surface area contributed by atoms with Gasteiger partial charge in [-0.05, 0) is 44.9 Å². The first kappa shape index (κ1) is 14.8. The molecule has 110 valence electrons. The molecule has 0 aromatic heterocycles. The van der Waals surface area contributed by atoms with Crippen molar-refractivity contribution >= 4 is 5.91 Å². The molecule has 3 N–H and O–H groups in total. The third-order valence-electron chi connectivity index (χ3n) is 4.93. The van der Waals surface area contributed by atoms with E-state index in [2.05, 4.69) is 19.2 Å². The van der Waals surface area contributed by atoms with Crippen LogP contribution in [0.1, 0.15) is 46.5 Å². The zero-order valence-corrected chi connectivity index (χ0v) is 12.4. The van der Waals surface area contributed by atoms with Crippen molar-refractivity contribution in [3.63, 3.8) is 0 Å². The van der Waals surface area contributed by atoms with Gasteiger partial charge in [-0.3, -0.25) is 4.79 Å². The predicted octanol–water partition coefficient (Wildman–Crippen LogP) is 1.68. The first-order valence-corrected chi connectivity index (χ1v) is 7.67. The quantitative estimate of drug-likeness (QED) is 0.818. The molecule has 6 unspecified atom stereocenters. The van der Waals surface area contributed by atoms with Crippen LogP contribution in [-0.4, -0.2) is 30.7 Å². The Morgan fingerprint density at radius 3 is 2.58 bits per heavy atom. The first-order chi connectivity index (χ1) is 8.99. The summed E-state index contributed by atoms with van der Waals surface area (Å²) in [5.74, 6) is 0.998. The number of rotatable bonds is 3. The monoisotopic (exact) mass is 268 g/mol. The van der Waals surface area contributed by atoms with Gasteiger partial charge in [0, 0.05) is 12.6 Å². The summed E-state index contributed by atoms with van der Waals surface area (Å²) in [6.45, 7) is 6.93. The molecule has 4 nitrogen and oxygen atoms in total. The maximum absolute atomic E-state index is 12.3. The van der Waals surface area contributed by atoms with Crippen LogP contribution in [0.2, 0.25) is 0 Å². The third-order valence-corrected chi connectivity index (χ3v) is 4.93. The number of nitrogens with one attached hydrogen (secondary N) is 1. The molecule has 0 aromatic carbocycles. The van der Waals surface area contributed by atoms with Gasteiger partial charge in [0.2, 0.25) is 5.91 Å². The van der Waals surface area contributed by atoms with Crippen molar-refractivity contribution in [3.05, 3.63) is 0 Å². The molecular weight excluding hydrogens is 240 g/mol. The maximum atomic E-state index is 12.3. The van der Waals surface area contributed by atoms with Crippen LogP contribution in [0.3, 0.4) is 0 Å². The van der Waals surface area contributed by atoms with Crippen molar-refractivity contribution in [1.29, 1.82) is 0 Å². The molecule has 0 spiro atoms. The number of amides is 1. The van der Waals surface area contributed by atoms with Crippen LogP contribution in [0.15, 0.2) is 0 Å². The van der Waals surface area contributed by atoms with E-state index in [0.29, 0.717) is 17.9 Å². The SMILES string of the molecule is CC1OC(C)C(C(=O)NCC2CCCC(N)C2)C1C. The minimum absolute atomic E-state index is 0.00716. The Balaban J connectivity index is 1.81. The van der Waals surface area contributed by atoms with E-state index in [1.54, 1.807) is 0 Å². The summed E-state index contributed by atoms with van der Waals surface area (Å²) in [5, 5.41) is 3.12. The van der Waals surface area contributed by atoms with Crippen molar-refractivity contribution in [2.45, 2.75) is 64.7 Å². The van der Waals surface area contributed by atoms with Crippen molar-refractivity contribution < 1.29 is 9.53 Å². The van der Waals surface area contributed by atoms with Gasteiger partial charge in [-0.2, -0.15) is 0 Å². The summed E-state index contributed by atoms with van der Waals surface area (Å²) in [7, 11) is 0. The number of nitrogens with two attached hydrogens (primary N) is 1. The van der Waals surface area contributed by atoms with E-state index < -0.39 is 0 Å².